The number of rotatable bonds is 2. The van der Waals surface area contributed by atoms with Gasteiger partial charge in [0.05, 0.1) is 0 Å². The van der Waals surface area contributed by atoms with E-state index < -0.39 is 0 Å². The van der Waals surface area contributed by atoms with Gasteiger partial charge in [-0.1, -0.05) is 49.8 Å². The minimum atomic E-state index is 0.772. The normalized spacial score (nSPS) is 34.6. The highest BCUT2D eigenvalue weighted by Crippen LogP contribution is 2.33. The highest BCUT2D eigenvalue weighted by atomic mass is 14.2. The molecule has 2 aliphatic carbocycles. The molecule has 2 rings (SSSR count). The monoisotopic (exact) mass is 216 g/mol. The van der Waals surface area contributed by atoms with Gasteiger partial charge < -0.3 is 0 Å². The predicted molar refractivity (Wildman–Crippen MR) is 71.3 cm³/mol. The first-order valence-electron chi connectivity index (χ1n) is 6.79. The van der Waals surface area contributed by atoms with Crippen LogP contribution in [0, 0.1) is 17.8 Å². The molecule has 0 aromatic heterocycles. The molecule has 0 spiro atoms. The second-order valence-corrected chi connectivity index (χ2v) is 5.55. The zero-order valence-corrected chi connectivity index (χ0v) is 10.7. The molecule has 0 amide bonds. The molecule has 0 fully saturated rings. The number of hydrogen-bond acceptors (Lipinski definition) is 0. The summed E-state index contributed by atoms with van der Waals surface area (Å²) in [5.41, 5.74) is 1.72. The summed E-state index contributed by atoms with van der Waals surface area (Å²) in [6.45, 7) is 4.76. The Labute approximate surface area is 100 Å². The van der Waals surface area contributed by atoms with E-state index in [1.165, 1.54) is 32.1 Å². The first-order valence-corrected chi connectivity index (χ1v) is 6.79. The molecule has 0 radical (unpaired) electrons. The van der Waals surface area contributed by atoms with Crippen molar-refractivity contribution in [2.24, 2.45) is 17.8 Å². The van der Waals surface area contributed by atoms with Gasteiger partial charge in [-0.15, -0.1) is 0 Å². The lowest BCUT2D eigenvalue weighted by molar-refractivity contribution is 0.444. The summed E-state index contributed by atoms with van der Waals surface area (Å²) >= 11 is 0. The summed E-state index contributed by atoms with van der Waals surface area (Å²) in [5, 5.41) is 0. The standard InChI is InChI=1S/C16H24/c1-13-9-10-14(2)16(11-13)12-15-7-5-3-4-6-8-15/h3-5,7,11,13-15H,6,8-10,12H2,1-2H3/t13?,14?,15-/m1/s1. The van der Waals surface area contributed by atoms with Crippen molar-refractivity contribution in [2.75, 3.05) is 0 Å². The molecular formula is C16H24. The molecule has 0 saturated heterocycles. The van der Waals surface area contributed by atoms with Gasteiger partial charge in [0.2, 0.25) is 0 Å². The lowest BCUT2D eigenvalue weighted by Crippen LogP contribution is -2.12. The fraction of sp³-hybridized carbons (Fsp3) is 0.625. The molecular weight excluding hydrogens is 192 g/mol. The zero-order valence-electron chi connectivity index (χ0n) is 10.7. The lowest BCUT2D eigenvalue weighted by atomic mass is 9.79. The van der Waals surface area contributed by atoms with Gasteiger partial charge in [0.1, 0.15) is 0 Å². The molecule has 16 heavy (non-hydrogen) atoms. The third-order valence-electron chi connectivity index (χ3n) is 4.02. The van der Waals surface area contributed by atoms with Crippen molar-refractivity contribution in [1.82, 2.24) is 0 Å². The van der Waals surface area contributed by atoms with Gasteiger partial charge in [-0.3, -0.25) is 0 Å². The SMILES string of the molecule is CC1C=C(C[C@@H]2C=CC=CCC2)C(C)CC1. The van der Waals surface area contributed by atoms with Crippen LogP contribution in [0.2, 0.25) is 0 Å². The fourth-order valence-corrected chi connectivity index (χ4v) is 2.86. The molecule has 0 aromatic carbocycles. The van der Waals surface area contributed by atoms with Gasteiger partial charge in [-0.2, -0.15) is 0 Å². The molecule has 0 heteroatoms. The van der Waals surface area contributed by atoms with E-state index in [9.17, 15) is 0 Å². The molecule has 2 unspecified atom stereocenters. The van der Waals surface area contributed by atoms with Gasteiger partial charge in [0.25, 0.3) is 0 Å². The highest BCUT2D eigenvalue weighted by molar-refractivity contribution is 5.15. The second kappa shape index (κ2) is 5.52. The molecule has 3 atom stereocenters. The molecule has 88 valence electrons. The predicted octanol–water partition coefficient (Wildman–Crippen LogP) is 4.89. The van der Waals surface area contributed by atoms with Gasteiger partial charge in [0, 0.05) is 0 Å². The van der Waals surface area contributed by atoms with Crippen molar-refractivity contribution in [1.29, 1.82) is 0 Å². The molecule has 2 aliphatic rings. The van der Waals surface area contributed by atoms with Crippen molar-refractivity contribution in [2.45, 2.75) is 46.0 Å². The topological polar surface area (TPSA) is 0 Å². The van der Waals surface area contributed by atoms with Crippen LogP contribution in [-0.4, -0.2) is 0 Å². The Morgan fingerprint density at radius 3 is 2.88 bits per heavy atom. The van der Waals surface area contributed by atoms with E-state index in [2.05, 4.69) is 44.2 Å². The maximum atomic E-state index is 2.54. The Morgan fingerprint density at radius 2 is 2.00 bits per heavy atom. The first-order chi connectivity index (χ1) is 7.75. The number of hydrogen-bond donors (Lipinski definition) is 0. The van der Waals surface area contributed by atoms with Crippen LogP contribution >= 0.6 is 0 Å². The van der Waals surface area contributed by atoms with E-state index >= 15 is 0 Å². The van der Waals surface area contributed by atoms with E-state index in [0.29, 0.717) is 0 Å². The van der Waals surface area contributed by atoms with Crippen molar-refractivity contribution in [3.8, 4) is 0 Å². The summed E-state index contributed by atoms with van der Waals surface area (Å²) in [5.74, 6) is 2.40. The minimum absolute atomic E-state index is 0.772. The Balaban J connectivity index is 1.97. The smallest absolute Gasteiger partial charge is 0.0190 e. The molecule has 0 aromatic rings. The van der Waals surface area contributed by atoms with Crippen LogP contribution in [0.5, 0.6) is 0 Å². The molecule has 0 saturated carbocycles. The molecule has 0 N–H and O–H groups in total. The molecule has 0 aliphatic heterocycles. The van der Waals surface area contributed by atoms with Crippen molar-refractivity contribution in [3.05, 3.63) is 36.0 Å². The van der Waals surface area contributed by atoms with Crippen LogP contribution < -0.4 is 0 Å². The molecule has 0 nitrogen and oxygen atoms in total. The largest absolute Gasteiger partial charge is 0.0845 e. The summed E-state index contributed by atoms with van der Waals surface area (Å²) in [6.07, 6.45) is 18.3. The van der Waals surface area contributed by atoms with Crippen molar-refractivity contribution >= 4 is 0 Å². The maximum absolute atomic E-state index is 2.54. The summed E-state index contributed by atoms with van der Waals surface area (Å²) < 4.78 is 0. The highest BCUT2D eigenvalue weighted by Gasteiger charge is 2.19. The van der Waals surface area contributed by atoms with Crippen molar-refractivity contribution < 1.29 is 0 Å². The first kappa shape index (κ1) is 11.7. The summed E-state index contributed by atoms with van der Waals surface area (Å²) in [7, 11) is 0. The Bertz CT molecular complexity index is 306. The molecule has 0 bridgehead atoms. The Hall–Kier alpha value is -0.780. The van der Waals surface area contributed by atoms with Crippen LogP contribution in [0.25, 0.3) is 0 Å². The van der Waals surface area contributed by atoms with Crippen LogP contribution in [0.3, 0.4) is 0 Å². The van der Waals surface area contributed by atoms with E-state index in [0.717, 1.165) is 17.8 Å². The summed E-state index contributed by atoms with van der Waals surface area (Å²) in [4.78, 5) is 0. The van der Waals surface area contributed by atoms with Crippen molar-refractivity contribution in [3.63, 3.8) is 0 Å². The Morgan fingerprint density at radius 1 is 1.12 bits per heavy atom. The fourth-order valence-electron chi connectivity index (χ4n) is 2.86. The van der Waals surface area contributed by atoms with Crippen LogP contribution in [0.4, 0.5) is 0 Å². The second-order valence-electron chi connectivity index (χ2n) is 5.55. The zero-order chi connectivity index (χ0) is 11.4. The van der Waals surface area contributed by atoms with E-state index in [4.69, 9.17) is 0 Å². The minimum Gasteiger partial charge on any atom is -0.0845 e. The van der Waals surface area contributed by atoms with E-state index in [1.807, 2.05) is 0 Å². The van der Waals surface area contributed by atoms with Crippen LogP contribution in [-0.2, 0) is 0 Å². The van der Waals surface area contributed by atoms with Crippen LogP contribution in [0.1, 0.15) is 46.0 Å². The van der Waals surface area contributed by atoms with Crippen LogP contribution in [0.15, 0.2) is 36.0 Å². The third-order valence-corrected chi connectivity index (χ3v) is 4.02. The quantitative estimate of drug-likeness (QED) is 0.576. The van der Waals surface area contributed by atoms with Gasteiger partial charge >= 0.3 is 0 Å². The van der Waals surface area contributed by atoms with Gasteiger partial charge in [0.15, 0.2) is 0 Å². The summed E-state index contributed by atoms with van der Waals surface area (Å²) in [6, 6.07) is 0. The average Bonchev–Trinajstić information content (AvgIpc) is 2.52. The van der Waals surface area contributed by atoms with Gasteiger partial charge in [-0.25, -0.2) is 0 Å². The average molecular weight is 216 g/mol. The van der Waals surface area contributed by atoms with Gasteiger partial charge in [-0.05, 0) is 49.9 Å². The lowest BCUT2D eigenvalue weighted by Gasteiger charge is -2.26. The Kier molecular flexibility index (Phi) is 4.04. The molecule has 0 heterocycles. The third kappa shape index (κ3) is 3.10. The number of allylic oxidation sites excluding steroid dienone is 6. The van der Waals surface area contributed by atoms with E-state index in [1.54, 1.807) is 5.57 Å². The van der Waals surface area contributed by atoms with E-state index in [-0.39, 0.29) is 0 Å². The maximum Gasteiger partial charge on any atom is -0.0190 e.